The average Bonchev–Trinajstić information content (AvgIpc) is 2.93. The molecule has 1 saturated heterocycles. The fraction of sp³-hybridized carbons (Fsp3) is 0.348. The summed E-state index contributed by atoms with van der Waals surface area (Å²) in [5, 5.41) is 6.02. The minimum absolute atomic E-state index is 0.268. The van der Waals surface area contributed by atoms with Gasteiger partial charge < -0.3 is 4.90 Å². The monoisotopic (exact) mass is 421 g/mol. The highest BCUT2D eigenvalue weighted by Crippen LogP contribution is 2.25. The van der Waals surface area contributed by atoms with Crippen LogP contribution in [0, 0.1) is 0 Å². The molecule has 3 heterocycles. The molecular weight excluding hydrogens is 398 g/mol. The number of rotatable bonds is 4. The molecule has 0 amide bonds. The standard InChI is InChI=1S/C23H24ClN5O/c24-18-10-11-20-19(16-18)21(30)25-22-28(15-12-17-8-4-3-5-9-17)26-23(29(20)22)27-13-6-1-2-7-14-27/h3-5,8-11,16H,1-2,6-7,12-15H2. The van der Waals surface area contributed by atoms with E-state index < -0.39 is 0 Å². The zero-order chi connectivity index (χ0) is 20.5. The highest BCUT2D eigenvalue weighted by atomic mass is 35.5. The van der Waals surface area contributed by atoms with Gasteiger partial charge in [0.05, 0.1) is 10.9 Å². The third-order valence-corrected chi connectivity index (χ3v) is 6.05. The summed E-state index contributed by atoms with van der Waals surface area (Å²) in [5.74, 6) is 1.45. The molecule has 0 spiro atoms. The van der Waals surface area contributed by atoms with Crippen molar-refractivity contribution in [2.45, 2.75) is 38.6 Å². The van der Waals surface area contributed by atoms with Crippen LogP contribution in [0.15, 0.2) is 53.3 Å². The molecule has 0 bridgehead atoms. The predicted octanol–water partition coefficient (Wildman–Crippen LogP) is 4.32. The van der Waals surface area contributed by atoms with Crippen molar-refractivity contribution in [1.82, 2.24) is 19.2 Å². The lowest BCUT2D eigenvalue weighted by Crippen LogP contribution is -2.26. The van der Waals surface area contributed by atoms with Gasteiger partial charge in [0.15, 0.2) is 0 Å². The molecule has 1 aliphatic heterocycles. The maximum Gasteiger partial charge on any atom is 0.282 e. The lowest BCUT2D eigenvalue weighted by molar-refractivity contribution is 0.622. The van der Waals surface area contributed by atoms with Gasteiger partial charge in [-0.3, -0.25) is 4.79 Å². The SMILES string of the molecule is O=c1nc2n(CCc3ccccc3)nc(N3CCCCCC3)n2c2ccc(Cl)cc12. The van der Waals surface area contributed by atoms with E-state index in [2.05, 4.69) is 22.0 Å². The average molecular weight is 422 g/mol. The van der Waals surface area contributed by atoms with E-state index in [4.69, 9.17) is 16.7 Å². The highest BCUT2D eigenvalue weighted by Gasteiger charge is 2.21. The number of fused-ring (bicyclic) bond motifs is 3. The van der Waals surface area contributed by atoms with E-state index in [1.54, 1.807) is 6.07 Å². The maximum atomic E-state index is 12.8. The minimum Gasteiger partial charge on any atom is -0.341 e. The first kappa shape index (κ1) is 19.1. The molecule has 0 radical (unpaired) electrons. The van der Waals surface area contributed by atoms with Gasteiger partial charge >= 0.3 is 0 Å². The summed E-state index contributed by atoms with van der Waals surface area (Å²) in [5.41, 5.74) is 1.77. The molecule has 0 aliphatic carbocycles. The van der Waals surface area contributed by atoms with Crippen molar-refractivity contribution in [1.29, 1.82) is 0 Å². The summed E-state index contributed by atoms with van der Waals surface area (Å²) < 4.78 is 3.91. The van der Waals surface area contributed by atoms with Crippen LogP contribution in [0.4, 0.5) is 5.95 Å². The summed E-state index contributed by atoms with van der Waals surface area (Å²) in [6.07, 6.45) is 5.61. The Bertz CT molecular complexity index is 1240. The van der Waals surface area contributed by atoms with Crippen molar-refractivity contribution < 1.29 is 0 Å². The number of halogens is 1. The Kier molecular flexibility index (Phi) is 5.17. The molecule has 1 fully saturated rings. The first-order valence-electron chi connectivity index (χ1n) is 10.6. The summed E-state index contributed by atoms with van der Waals surface area (Å²) in [7, 11) is 0. The first-order valence-corrected chi connectivity index (χ1v) is 11.0. The Morgan fingerprint density at radius 3 is 2.50 bits per heavy atom. The predicted molar refractivity (Wildman–Crippen MR) is 121 cm³/mol. The molecular formula is C23H24ClN5O. The summed E-state index contributed by atoms with van der Waals surface area (Å²) in [4.78, 5) is 19.5. The highest BCUT2D eigenvalue weighted by molar-refractivity contribution is 6.31. The van der Waals surface area contributed by atoms with E-state index in [0.29, 0.717) is 22.7 Å². The Balaban J connectivity index is 1.67. The van der Waals surface area contributed by atoms with Crippen molar-refractivity contribution in [3.05, 3.63) is 69.5 Å². The Hall–Kier alpha value is -2.86. The van der Waals surface area contributed by atoms with Gasteiger partial charge in [0.1, 0.15) is 0 Å². The maximum absolute atomic E-state index is 12.8. The summed E-state index contributed by atoms with van der Waals surface area (Å²) >= 11 is 6.17. The van der Waals surface area contributed by atoms with Crippen LogP contribution in [0.2, 0.25) is 5.02 Å². The molecule has 1 aliphatic rings. The Labute approximate surface area is 179 Å². The van der Waals surface area contributed by atoms with Crippen LogP contribution in [0.5, 0.6) is 0 Å². The topological polar surface area (TPSA) is 55.4 Å². The second-order valence-corrected chi connectivity index (χ2v) is 8.31. The number of aromatic nitrogens is 4. The smallest absolute Gasteiger partial charge is 0.282 e. The van der Waals surface area contributed by atoms with E-state index in [-0.39, 0.29) is 5.56 Å². The number of anilines is 1. The van der Waals surface area contributed by atoms with Gasteiger partial charge in [0.2, 0.25) is 11.7 Å². The first-order chi connectivity index (χ1) is 14.7. The summed E-state index contributed by atoms with van der Waals surface area (Å²) in [6.45, 7) is 2.59. The largest absolute Gasteiger partial charge is 0.341 e. The van der Waals surface area contributed by atoms with Crippen LogP contribution in [0.3, 0.4) is 0 Å². The third-order valence-electron chi connectivity index (χ3n) is 5.82. The summed E-state index contributed by atoms with van der Waals surface area (Å²) in [6, 6.07) is 15.7. The van der Waals surface area contributed by atoms with Crippen molar-refractivity contribution in [2.75, 3.05) is 18.0 Å². The van der Waals surface area contributed by atoms with Crippen LogP contribution in [0.25, 0.3) is 16.7 Å². The van der Waals surface area contributed by atoms with E-state index >= 15 is 0 Å². The molecule has 5 rings (SSSR count). The van der Waals surface area contributed by atoms with Gasteiger partial charge in [-0.05, 0) is 43.0 Å². The third kappa shape index (κ3) is 3.56. The van der Waals surface area contributed by atoms with E-state index in [0.717, 1.165) is 43.8 Å². The van der Waals surface area contributed by atoms with Crippen molar-refractivity contribution >= 4 is 34.2 Å². The second-order valence-electron chi connectivity index (χ2n) is 7.87. The van der Waals surface area contributed by atoms with Gasteiger partial charge in [0, 0.05) is 24.7 Å². The number of hydrogen-bond acceptors (Lipinski definition) is 4. The van der Waals surface area contributed by atoms with Gasteiger partial charge in [0.25, 0.3) is 5.56 Å². The van der Waals surface area contributed by atoms with Gasteiger partial charge in [-0.15, -0.1) is 5.10 Å². The Morgan fingerprint density at radius 1 is 0.967 bits per heavy atom. The quantitative estimate of drug-likeness (QED) is 0.492. The molecule has 0 unspecified atom stereocenters. The minimum atomic E-state index is -0.268. The number of aryl methyl sites for hydroxylation is 2. The Morgan fingerprint density at radius 2 is 1.73 bits per heavy atom. The molecule has 6 nitrogen and oxygen atoms in total. The van der Waals surface area contributed by atoms with Gasteiger partial charge in [-0.1, -0.05) is 54.8 Å². The fourth-order valence-corrected chi connectivity index (χ4v) is 4.43. The lowest BCUT2D eigenvalue weighted by atomic mass is 10.1. The molecule has 7 heteroatoms. The zero-order valence-corrected chi connectivity index (χ0v) is 17.6. The number of benzene rings is 2. The number of hydrogen-bond donors (Lipinski definition) is 0. The normalized spacial score (nSPS) is 15.0. The molecule has 0 saturated carbocycles. The van der Waals surface area contributed by atoms with Gasteiger partial charge in [-0.2, -0.15) is 4.98 Å². The molecule has 0 N–H and O–H groups in total. The molecule has 0 atom stereocenters. The van der Waals surface area contributed by atoms with Crippen LogP contribution in [0.1, 0.15) is 31.2 Å². The molecule has 4 aromatic rings. The van der Waals surface area contributed by atoms with E-state index in [1.807, 2.05) is 39.4 Å². The molecule has 2 aromatic carbocycles. The molecule has 30 heavy (non-hydrogen) atoms. The zero-order valence-electron chi connectivity index (χ0n) is 16.8. The van der Waals surface area contributed by atoms with Crippen LogP contribution < -0.4 is 10.5 Å². The van der Waals surface area contributed by atoms with Gasteiger partial charge in [-0.25, -0.2) is 9.08 Å². The van der Waals surface area contributed by atoms with Crippen LogP contribution in [-0.4, -0.2) is 32.3 Å². The van der Waals surface area contributed by atoms with E-state index in [1.165, 1.54) is 18.4 Å². The molecule has 2 aromatic heterocycles. The van der Waals surface area contributed by atoms with E-state index in [9.17, 15) is 4.79 Å². The lowest BCUT2D eigenvalue weighted by Gasteiger charge is -2.20. The van der Waals surface area contributed by atoms with Crippen molar-refractivity contribution in [3.63, 3.8) is 0 Å². The second kappa shape index (κ2) is 8.11. The number of nitrogens with zero attached hydrogens (tertiary/aromatic N) is 5. The van der Waals surface area contributed by atoms with Crippen molar-refractivity contribution in [2.24, 2.45) is 0 Å². The van der Waals surface area contributed by atoms with Crippen LogP contribution in [-0.2, 0) is 13.0 Å². The molecule has 154 valence electrons. The van der Waals surface area contributed by atoms with Crippen LogP contribution >= 0.6 is 11.6 Å². The van der Waals surface area contributed by atoms with Crippen molar-refractivity contribution in [3.8, 4) is 0 Å². The fourth-order valence-electron chi connectivity index (χ4n) is 4.26.